The highest BCUT2D eigenvalue weighted by Gasteiger charge is 2.46. The lowest BCUT2D eigenvalue weighted by Crippen LogP contribution is -2.47. The van der Waals surface area contributed by atoms with Crippen LogP contribution in [-0.2, 0) is 10.0 Å². The van der Waals surface area contributed by atoms with Crippen LogP contribution in [0.4, 0.5) is 26.3 Å². The van der Waals surface area contributed by atoms with E-state index in [0.717, 1.165) is 12.1 Å². The summed E-state index contributed by atoms with van der Waals surface area (Å²) in [6.45, 7) is 7.38. The smallest absolute Gasteiger partial charge is 0.340 e. The molecule has 3 aromatic rings. The van der Waals surface area contributed by atoms with Crippen molar-refractivity contribution in [1.29, 1.82) is 0 Å². The van der Waals surface area contributed by atoms with Gasteiger partial charge in [-0.2, -0.15) is 8.78 Å². The molecule has 220 valence electrons. The second-order valence-electron chi connectivity index (χ2n) is 10.5. The van der Waals surface area contributed by atoms with Gasteiger partial charge >= 0.3 is 18.0 Å². The second-order valence-corrected chi connectivity index (χ2v) is 14.6. The van der Waals surface area contributed by atoms with E-state index in [1.54, 1.807) is 0 Å². The minimum Gasteiger partial charge on any atom is -0.487 e. The van der Waals surface area contributed by atoms with E-state index in [9.17, 15) is 31.9 Å². The summed E-state index contributed by atoms with van der Waals surface area (Å²) in [4.78, 5) is 13.4. The molecule has 0 aliphatic heterocycles. The van der Waals surface area contributed by atoms with Gasteiger partial charge in [0.25, 0.3) is 0 Å². The number of hydrogen-bond acceptors (Lipinski definition) is 4. The maximum atomic E-state index is 15.0. The Morgan fingerprint density at radius 3 is 2.17 bits per heavy atom. The molecule has 0 saturated heterocycles. The Hall–Kier alpha value is -3.03. The van der Waals surface area contributed by atoms with E-state index < -0.39 is 56.2 Å². The molecule has 40 heavy (non-hydrogen) atoms. The van der Waals surface area contributed by atoms with Crippen molar-refractivity contribution in [3.8, 4) is 11.4 Å². The standard InChI is InChI=1S/C27H32F6N2O4Si/c1-17(2)39-40(4,5)16-26(37,22-11-6-19(28)14-23(22)29)18(3)34-12-13-35(25(34)36)20-7-9-21(10-8-20)38-15-27(32,33)24(30)31/h6-14,17-18,24,37H,15-16H2,1-5H3/t18-,26-/m1/s1. The summed E-state index contributed by atoms with van der Waals surface area (Å²) < 4.78 is 93.0. The van der Waals surface area contributed by atoms with Crippen LogP contribution in [0.15, 0.2) is 59.7 Å². The Bertz CT molecular complexity index is 1360. The normalized spacial score (nSPS) is 14.9. The van der Waals surface area contributed by atoms with Crippen molar-refractivity contribution >= 4 is 8.32 Å². The van der Waals surface area contributed by atoms with E-state index in [2.05, 4.69) is 0 Å². The predicted molar refractivity (Wildman–Crippen MR) is 140 cm³/mol. The molecular weight excluding hydrogens is 558 g/mol. The molecule has 0 aliphatic rings. The Balaban J connectivity index is 1.96. The van der Waals surface area contributed by atoms with Crippen molar-refractivity contribution in [3.63, 3.8) is 0 Å². The molecular formula is C27H32F6N2O4Si. The molecule has 1 heterocycles. The lowest BCUT2D eigenvalue weighted by molar-refractivity contribution is -0.148. The number of nitrogens with zero attached hydrogens (tertiary/aromatic N) is 2. The summed E-state index contributed by atoms with van der Waals surface area (Å²) in [5.41, 5.74) is -2.48. The number of aromatic nitrogens is 2. The van der Waals surface area contributed by atoms with Crippen LogP contribution >= 0.6 is 0 Å². The highest BCUT2D eigenvalue weighted by molar-refractivity contribution is 6.71. The lowest BCUT2D eigenvalue weighted by atomic mass is 9.88. The van der Waals surface area contributed by atoms with Crippen LogP contribution < -0.4 is 10.4 Å². The van der Waals surface area contributed by atoms with Gasteiger partial charge in [0.05, 0.1) is 11.7 Å². The minimum absolute atomic E-state index is 0.0190. The highest BCUT2D eigenvalue weighted by atomic mass is 28.4. The van der Waals surface area contributed by atoms with Crippen LogP contribution in [0.3, 0.4) is 0 Å². The first kappa shape index (κ1) is 31.5. The monoisotopic (exact) mass is 590 g/mol. The fraction of sp³-hybridized carbons (Fsp3) is 0.444. The molecule has 2 aromatic carbocycles. The molecule has 0 bridgehead atoms. The van der Waals surface area contributed by atoms with E-state index in [-0.39, 0.29) is 23.5 Å². The van der Waals surface area contributed by atoms with Crippen LogP contribution in [0.25, 0.3) is 5.69 Å². The average molecular weight is 591 g/mol. The number of halogens is 6. The SMILES string of the molecule is CC(C)O[Si](C)(C)C[C@](O)(c1ccc(F)cc1F)[C@@H](C)n1ccn(-c2ccc(OCC(F)(F)C(F)F)cc2)c1=O. The quantitative estimate of drug-likeness (QED) is 0.199. The van der Waals surface area contributed by atoms with Crippen molar-refractivity contribution in [2.75, 3.05) is 6.61 Å². The summed E-state index contributed by atoms with van der Waals surface area (Å²) in [5.74, 6) is -6.21. The van der Waals surface area contributed by atoms with Crippen molar-refractivity contribution in [2.24, 2.45) is 0 Å². The Morgan fingerprint density at radius 2 is 1.62 bits per heavy atom. The zero-order chi connectivity index (χ0) is 30.0. The summed E-state index contributed by atoms with van der Waals surface area (Å²) in [5, 5.41) is 12.0. The van der Waals surface area contributed by atoms with Gasteiger partial charge in [0, 0.05) is 36.2 Å². The summed E-state index contributed by atoms with van der Waals surface area (Å²) >= 11 is 0. The number of aliphatic hydroxyl groups is 1. The van der Waals surface area contributed by atoms with Gasteiger partial charge in [-0.05, 0) is 64.2 Å². The minimum atomic E-state index is -4.32. The van der Waals surface area contributed by atoms with Gasteiger partial charge < -0.3 is 14.3 Å². The Morgan fingerprint density at radius 1 is 1.00 bits per heavy atom. The number of alkyl halides is 4. The third-order valence-corrected chi connectivity index (χ3v) is 8.92. The molecule has 13 heteroatoms. The van der Waals surface area contributed by atoms with Gasteiger partial charge in [-0.3, -0.25) is 9.13 Å². The van der Waals surface area contributed by atoms with Crippen LogP contribution in [0.5, 0.6) is 5.75 Å². The van der Waals surface area contributed by atoms with Crippen LogP contribution in [-0.4, -0.2) is 47.6 Å². The number of hydrogen-bond donors (Lipinski definition) is 1. The third-order valence-electron chi connectivity index (χ3n) is 6.42. The van der Waals surface area contributed by atoms with Crippen LogP contribution in [0.2, 0.25) is 19.1 Å². The van der Waals surface area contributed by atoms with Gasteiger partial charge in [0.2, 0.25) is 0 Å². The molecule has 0 fully saturated rings. The Labute approximate surface area is 228 Å². The van der Waals surface area contributed by atoms with Crippen molar-refractivity contribution in [2.45, 2.75) is 70.0 Å². The average Bonchev–Trinajstić information content (AvgIpc) is 3.22. The lowest BCUT2D eigenvalue weighted by Gasteiger charge is -2.40. The zero-order valence-corrected chi connectivity index (χ0v) is 23.7. The maximum Gasteiger partial charge on any atom is 0.340 e. The fourth-order valence-electron chi connectivity index (χ4n) is 4.69. The molecule has 2 atom stereocenters. The van der Waals surface area contributed by atoms with E-state index in [0.29, 0.717) is 11.8 Å². The van der Waals surface area contributed by atoms with Gasteiger partial charge in [-0.25, -0.2) is 22.4 Å². The van der Waals surface area contributed by atoms with Crippen LogP contribution in [0.1, 0.15) is 32.4 Å². The van der Waals surface area contributed by atoms with Gasteiger partial charge in [0.15, 0.2) is 14.9 Å². The first-order valence-electron chi connectivity index (χ1n) is 12.5. The second kappa shape index (κ2) is 11.8. The molecule has 6 nitrogen and oxygen atoms in total. The number of imidazole rings is 1. The first-order valence-corrected chi connectivity index (χ1v) is 15.6. The van der Waals surface area contributed by atoms with E-state index in [1.165, 1.54) is 52.7 Å². The van der Waals surface area contributed by atoms with E-state index in [1.807, 2.05) is 26.9 Å². The molecule has 0 aliphatic carbocycles. The molecule has 0 spiro atoms. The molecule has 3 rings (SSSR count). The summed E-state index contributed by atoms with van der Waals surface area (Å²) in [6, 6.07) is 7.01. The van der Waals surface area contributed by atoms with Gasteiger partial charge in [-0.15, -0.1) is 0 Å². The first-order chi connectivity index (χ1) is 18.5. The molecule has 0 amide bonds. The van der Waals surface area contributed by atoms with Crippen molar-refractivity contribution < 1.29 is 40.6 Å². The predicted octanol–water partition coefficient (Wildman–Crippen LogP) is 6.28. The van der Waals surface area contributed by atoms with Crippen molar-refractivity contribution in [1.82, 2.24) is 9.13 Å². The van der Waals surface area contributed by atoms with Gasteiger partial charge in [-0.1, -0.05) is 6.07 Å². The maximum absolute atomic E-state index is 15.0. The molecule has 1 N–H and O–H groups in total. The van der Waals surface area contributed by atoms with Gasteiger partial charge in [0.1, 0.15) is 23.0 Å². The Kier molecular flexibility index (Phi) is 9.32. The molecule has 0 unspecified atom stereocenters. The van der Waals surface area contributed by atoms with E-state index in [4.69, 9.17) is 9.16 Å². The zero-order valence-electron chi connectivity index (χ0n) is 22.7. The number of rotatable bonds is 12. The summed E-state index contributed by atoms with van der Waals surface area (Å²) in [7, 11) is -2.67. The topological polar surface area (TPSA) is 65.6 Å². The third kappa shape index (κ3) is 6.99. The van der Waals surface area contributed by atoms with Crippen molar-refractivity contribution in [3.05, 3.63) is 82.5 Å². The number of benzene rings is 2. The fourth-order valence-corrected chi connectivity index (χ4v) is 7.84. The molecule has 0 radical (unpaired) electrons. The summed E-state index contributed by atoms with van der Waals surface area (Å²) in [6.07, 6.45) is -1.25. The van der Waals surface area contributed by atoms with E-state index >= 15 is 4.39 Å². The molecule has 1 aromatic heterocycles. The van der Waals surface area contributed by atoms with Crippen LogP contribution in [0, 0.1) is 11.6 Å². The largest absolute Gasteiger partial charge is 0.487 e. The highest BCUT2D eigenvalue weighted by Crippen LogP contribution is 2.42. The molecule has 0 saturated carbocycles. The number of ether oxygens (including phenoxy) is 1.